The molecule has 1 aromatic carbocycles. The number of anilines is 2. The molecule has 1 rings (SSSR count). The molecule has 0 radical (unpaired) electrons. The van der Waals surface area contributed by atoms with E-state index in [9.17, 15) is 0 Å². The topological polar surface area (TPSA) is 58.3 Å². The average Bonchev–Trinajstić information content (AvgIpc) is 2.08. The van der Waals surface area contributed by atoms with E-state index in [0.717, 1.165) is 23.1 Å². The van der Waals surface area contributed by atoms with Gasteiger partial charge in [-0.05, 0) is 31.5 Å². The molecule has 0 aliphatic carbocycles. The molecule has 0 bridgehead atoms. The summed E-state index contributed by atoms with van der Waals surface area (Å²) in [6.07, 6.45) is 0.439. The largest absolute Gasteiger partial charge is 0.397 e. The molecule has 0 aliphatic rings. The van der Waals surface area contributed by atoms with Crippen molar-refractivity contribution in [2.24, 2.45) is 0 Å². The fraction of sp³-hybridized carbons (Fsp3) is 0.400. The Balaban J connectivity index is 2.51. The van der Waals surface area contributed by atoms with Gasteiger partial charge in [0.05, 0.1) is 17.5 Å². The number of benzene rings is 1. The standard InChI is InChI=1S/C10H15BrN2O/c1-7(14)4-5-13-10-3-2-8(11)6-9(10)12/h2-3,6-7,13-14H,4-5,12H2,1H3. The first-order valence-corrected chi connectivity index (χ1v) is 5.36. The lowest BCUT2D eigenvalue weighted by Gasteiger charge is -2.10. The van der Waals surface area contributed by atoms with Crippen molar-refractivity contribution in [2.75, 3.05) is 17.6 Å². The predicted molar refractivity (Wildman–Crippen MR) is 63.3 cm³/mol. The minimum absolute atomic E-state index is 0.279. The second-order valence-corrected chi connectivity index (χ2v) is 4.21. The summed E-state index contributed by atoms with van der Waals surface area (Å²) in [6.45, 7) is 2.50. The van der Waals surface area contributed by atoms with Crippen LogP contribution in [0.1, 0.15) is 13.3 Å². The van der Waals surface area contributed by atoms with Gasteiger partial charge >= 0.3 is 0 Å². The van der Waals surface area contributed by atoms with Gasteiger partial charge in [-0.1, -0.05) is 15.9 Å². The van der Waals surface area contributed by atoms with E-state index in [1.165, 1.54) is 0 Å². The van der Waals surface area contributed by atoms with Crippen molar-refractivity contribution in [1.29, 1.82) is 0 Å². The molecule has 0 heterocycles. The number of hydrogen-bond donors (Lipinski definition) is 3. The van der Waals surface area contributed by atoms with Gasteiger partial charge in [0.15, 0.2) is 0 Å². The molecule has 0 aliphatic heterocycles. The number of nitrogen functional groups attached to an aromatic ring is 1. The van der Waals surface area contributed by atoms with Crippen LogP contribution in [0, 0.1) is 0 Å². The third-order valence-electron chi connectivity index (χ3n) is 1.89. The lowest BCUT2D eigenvalue weighted by molar-refractivity contribution is 0.189. The number of aliphatic hydroxyl groups excluding tert-OH is 1. The molecule has 0 spiro atoms. The van der Waals surface area contributed by atoms with Crippen LogP contribution in [0.4, 0.5) is 11.4 Å². The van der Waals surface area contributed by atoms with E-state index in [-0.39, 0.29) is 6.10 Å². The minimum Gasteiger partial charge on any atom is -0.397 e. The maximum absolute atomic E-state index is 9.07. The summed E-state index contributed by atoms with van der Waals surface area (Å²) in [4.78, 5) is 0. The van der Waals surface area contributed by atoms with E-state index in [4.69, 9.17) is 10.8 Å². The zero-order valence-corrected chi connectivity index (χ0v) is 9.71. The van der Waals surface area contributed by atoms with E-state index < -0.39 is 0 Å². The molecule has 3 nitrogen and oxygen atoms in total. The zero-order chi connectivity index (χ0) is 10.6. The highest BCUT2D eigenvalue weighted by Crippen LogP contribution is 2.22. The molecular formula is C10H15BrN2O. The summed E-state index contributed by atoms with van der Waals surface area (Å²) < 4.78 is 0.969. The van der Waals surface area contributed by atoms with Crippen molar-refractivity contribution >= 4 is 27.3 Å². The Bertz CT molecular complexity index is 302. The lowest BCUT2D eigenvalue weighted by atomic mass is 10.2. The van der Waals surface area contributed by atoms with Crippen molar-refractivity contribution in [3.05, 3.63) is 22.7 Å². The van der Waals surface area contributed by atoms with Crippen molar-refractivity contribution in [3.63, 3.8) is 0 Å². The Morgan fingerprint density at radius 2 is 2.29 bits per heavy atom. The van der Waals surface area contributed by atoms with Crippen molar-refractivity contribution < 1.29 is 5.11 Å². The number of nitrogens with two attached hydrogens (primary N) is 1. The van der Waals surface area contributed by atoms with Crippen LogP contribution in [0.5, 0.6) is 0 Å². The fourth-order valence-electron chi connectivity index (χ4n) is 1.11. The number of rotatable bonds is 4. The van der Waals surface area contributed by atoms with E-state index in [0.29, 0.717) is 5.69 Å². The van der Waals surface area contributed by atoms with Crippen molar-refractivity contribution in [2.45, 2.75) is 19.4 Å². The molecule has 1 unspecified atom stereocenters. The minimum atomic E-state index is -0.279. The molecule has 78 valence electrons. The van der Waals surface area contributed by atoms with Crippen LogP contribution >= 0.6 is 15.9 Å². The summed E-state index contributed by atoms with van der Waals surface area (Å²) in [5.74, 6) is 0. The normalized spacial score (nSPS) is 12.5. The molecule has 0 amide bonds. The molecular weight excluding hydrogens is 244 g/mol. The number of halogens is 1. The summed E-state index contributed by atoms with van der Waals surface area (Å²) in [5.41, 5.74) is 7.41. The van der Waals surface area contributed by atoms with E-state index in [2.05, 4.69) is 21.2 Å². The van der Waals surface area contributed by atoms with Crippen LogP contribution in [0.2, 0.25) is 0 Å². The van der Waals surface area contributed by atoms with Crippen LogP contribution in [-0.2, 0) is 0 Å². The van der Waals surface area contributed by atoms with Gasteiger partial charge in [-0.15, -0.1) is 0 Å². The van der Waals surface area contributed by atoms with Gasteiger partial charge in [0, 0.05) is 11.0 Å². The first-order valence-electron chi connectivity index (χ1n) is 4.56. The Kier molecular flexibility index (Phi) is 4.22. The second-order valence-electron chi connectivity index (χ2n) is 3.30. The number of hydrogen-bond acceptors (Lipinski definition) is 3. The highest BCUT2D eigenvalue weighted by atomic mass is 79.9. The fourth-order valence-corrected chi connectivity index (χ4v) is 1.49. The van der Waals surface area contributed by atoms with Crippen molar-refractivity contribution in [3.8, 4) is 0 Å². The Hall–Kier alpha value is -0.740. The Morgan fingerprint density at radius 1 is 1.57 bits per heavy atom. The molecule has 0 saturated heterocycles. The summed E-state index contributed by atoms with van der Waals surface area (Å²) in [6, 6.07) is 5.70. The summed E-state index contributed by atoms with van der Waals surface area (Å²) >= 11 is 3.34. The maximum Gasteiger partial charge on any atom is 0.0574 e. The lowest BCUT2D eigenvalue weighted by Crippen LogP contribution is -2.10. The first kappa shape index (κ1) is 11.3. The molecule has 14 heavy (non-hydrogen) atoms. The van der Waals surface area contributed by atoms with E-state index in [1.807, 2.05) is 18.2 Å². The first-order chi connectivity index (χ1) is 6.59. The molecule has 4 heteroatoms. The molecule has 4 N–H and O–H groups in total. The highest BCUT2D eigenvalue weighted by molar-refractivity contribution is 9.10. The van der Waals surface area contributed by atoms with Gasteiger partial charge < -0.3 is 16.2 Å². The summed E-state index contributed by atoms with van der Waals surface area (Å²) in [5, 5.41) is 12.2. The monoisotopic (exact) mass is 258 g/mol. The molecule has 1 atom stereocenters. The van der Waals surface area contributed by atoms with E-state index >= 15 is 0 Å². The SMILES string of the molecule is CC(O)CCNc1ccc(Br)cc1N. The highest BCUT2D eigenvalue weighted by Gasteiger charge is 2.00. The van der Waals surface area contributed by atoms with Gasteiger partial charge in [-0.25, -0.2) is 0 Å². The van der Waals surface area contributed by atoms with Crippen LogP contribution < -0.4 is 11.1 Å². The molecule has 0 aromatic heterocycles. The van der Waals surface area contributed by atoms with Gasteiger partial charge in [0.1, 0.15) is 0 Å². The van der Waals surface area contributed by atoms with Gasteiger partial charge in [0.25, 0.3) is 0 Å². The Morgan fingerprint density at radius 3 is 2.86 bits per heavy atom. The predicted octanol–water partition coefficient (Wildman–Crippen LogP) is 2.21. The Labute approximate surface area is 92.4 Å². The average molecular weight is 259 g/mol. The molecule has 1 aromatic rings. The van der Waals surface area contributed by atoms with Crippen LogP contribution in [0.25, 0.3) is 0 Å². The summed E-state index contributed by atoms with van der Waals surface area (Å²) in [7, 11) is 0. The third-order valence-corrected chi connectivity index (χ3v) is 2.38. The molecule has 0 saturated carbocycles. The van der Waals surface area contributed by atoms with Gasteiger partial charge in [0.2, 0.25) is 0 Å². The smallest absolute Gasteiger partial charge is 0.0574 e. The van der Waals surface area contributed by atoms with E-state index in [1.54, 1.807) is 6.92 Å². The number of nitrogens with one attached hydrogen (secondary N) is 1. The van der Waals surface area contributed by atoms with Gasteiger partial charge in [-0.2, -0.15) is 0 Å². The third kappa shape index (κ3) is 3.55. The number of aliphatic hydroxyl groups is 1. The van der Waals surface area contributed by atoms with Crippen LogP contribution in [0.3, 0.4) is 0 Å². The van der Waals surface area contributed by atoms with Crippen molar-refractivity contribution in [1.82, 2.24) is 0 Å². The zero-order valence-electron chi connectivity index (χ0n) is 8.13. The second kappa shape index (κ2) is 5.22. The van der Waals surface area contributed by atoms with Crippen LogP contribution in [-0.4, -0.2) is 17.8 Å². The van der Waals surface area contributed by atoms with Gasteiger partial charge in [-0.3, -0.25) is 0 Å². The molecule has 0 fully saturated rings. The maximum atomic E-state index is 9.07. The van der Waals surface area contributed by atoms with Crippen LogP contribution in [0.15, 0.2) is 22.7 Å². The quantitative estimate of drug-likeness (QED) is 0.726.